The molecule has 4 heteroatoms. The summed E-state index contributed by atoms with van der Waals surface area (Å²) in [5.74, 6) is -1.72. The smallest absolute Gasteiger partial charge is 0.311 e. The molecule has 1 atom stereocenters. The molecule has 1 N–H and O–H groups in total. The van der Waals surface area contributed by atoms with Crippen molar-refractivity contribution in [2.75, 3.05) is 13.1 Å². The van der Waals surface area contributed by atoms with E-state index < -0.39 is 11.9 Å². The molecular weight excluding hydrogens is 242 g/mol. The number of amides is 1. The van der Waals surface area contributed by atoms with E-state index in [1.165, 1.54) is 0 Å². The highest BCUT2D eigenvalue weighted by molar-refractivity contribution is 5.85. The molecule has 0 aromatic heterocycles. The van der Waals surface area contributed by atoms with E-state index in [1.807, 2.05) is 6.07 Å². The van der Waals surface area contributed by atoms with Crippen LogP contribution in [0.1, 0.15) is 37.2 Å². The second kappa shape index (κ2) is 6.36. The van der Waals surface area contributed by atoms with Crippen molar-refractivity contribution in [2.24, 2.45) is 0 Å². The Labute approximate surface area is 113 Å². The Bertz CT molecular complexity index is 438. The van der Waals surface area contributed by atoms with E-state index in [4.69, 9.17) is 0 Å². The highest BCUT2D eigenvalue weighted by Gasteiger charge is 2.26. The van der Waals surface area contributed by atoms with Gasteiger partial charge in [-0.3, -0.25) is 9.59 Å². The zero-order valence-corrected chi connectivity index (χ0v) is 10.9. The van der Waals surface area contributed by atoms with E-state index in [9.17, 15) is 14.7 Å². The summed E-state index contributed by atoms with van der Waals surface area (Å²) in [6.45, 7) is 1.53. The maximum Gasteiger partial charge on any atom is 0.311 e. The molecule has 0 radical (unpaired) electrons. The van der Waals surface area contributed by atoms with Crippen molar-refractivity contribution in [3.8, 4) is 0 Å². The molecule has 1 amide bonds. The Balaban J connectivity index is 2.04. The number of rotatable bonds is 4. The van der Waals surface area contributed by atoms with E-state index in [2.05, 4.69) is 0 Å². The van der Waals surface area contributed by atoms with Gasteiger partial charge in [0, 0.05) is 19.5 Å². The van der Waals surface area contributed by atoms with E-state index in [0.29, 0.717) is 5.56 Å². The molecule has 1 aliphatic heterocycles. The quantitative estimate of drug-likeness (QED) is 0.904. The predicted octanol–water partition coefficient (Wildman–Crippen LogP) is 2.26. The van der Waals surface area contributed by atoms with Gasteiger partial charge in [0.25, 0.3) is 0 Å². The third-order valence-corrected chi connectivity index (χ3v) is 3.59. The maximum atomic E-state index is 12.1. The monoisotopic (exact) mass is 261 g/mol. The Hall–Kier alpha value is -1.84. The summed E-state index contributed by atoms with van der Waals surface area (Å²) in [5.41, 5.74) is 0.695. The van der Waals surface area contributed by atoms with Crippen molar-refractivity contribution >= 4 is 11.9 Å². The van der Waals surface area contributed by atoms with Crippen molar-refractivity contribution < 1.29 is 14.7 Å². The van der Waals surface area contributed by atoms with Crippen LogP contribution in [-0.2, 0) is 9.59 Å². The number of carbonyl (C=O) groups excluding carboxylic acids is 1. The minimum atomic E-state index is -0.934. The first-order valence-corrected chi connectivity index (χ1v) is 6.74. The molecule has 19 heavy (non-hydrogen) atoms. The van der Waals surface area contributed by atoms with E-state index in [0.717, 1.165) is 32.4 Å². The van der Waals surface area contributed by atoms with Crippen LogP contribution in [0.2, 0.25) is 0 Å². The number of hydrogen-bond donors (Lipinski definition) is 1. The summed E-state index contributed by atoms with van der Waals surface area (Å²) in [5, 5.41) is 9.30. The number of carbonyl (C=O) groups is 2. The summed E-state index contributed by atoms with van der Waals surface area (Å²) in [7, 11) is 0. The lowest BCUT2D eigenvalue weighted by Gasteiger charge is -2.27. The van der Waals surface area contributed by atoms with Crippen molar-refractivity contribution in [2.45, 2.75) is 31.6 Å². The number of piperidine rings is 1. The molecule has 0 spiro atoms. The zero-order valence-electron chi connectivity index (χ0n) is 10.9. The SMILES string of the molecule is O=C(O)C(CC(=O)N1CCCCC1)c1ccccc1. The van der Waals surface area contributed by atoms with E-state index >= 15 is 0 Å². The van der Waals surface area contributed by atoms with Gasteiger partial charge < -0.3 is 10.0 Å². The first kappa shape index (κ1) is 13.6. The molecule has 1 aromatic rings. The number of carboxylic acid groups (broad SMARTS) is 1. The van der Waals surface area contributed by atoms with Crippen LogP contribution in [0.3, 0.4) is 0 Å². The lowest BCUT2D eigenvalue weighted by molar-refractivity contribution is -0.143. The van der Waals surface area contributed by atoms with Gasteiger partial charge >= 0.3 is 5.97 Å². The summed E-state index contributed by atoms with van der Waals surface area (Å²) in [6, 6.07) is 8.98. The Morgan fingerprint density at radius 1 is 1.11 bits per heavy atom. The van der Waals surface area contributed by atoms with Gasteiger partial charge in [0.15, 0.2) is 0 Å². The van der Waals surface area contributed by atoms with Gasteiger partial charge in [-0.1, -0.05) is 30.3 Å². The highest BCUT2D eigenvalue weighted by atomic mass is 16.4. The summed E-state index contributed by atoms with van der Waals surface area (Å²) < 4.78 is 0. The standard InChI is InChI=1S/C15H19NO3/c17-14(16-9-5-2-6-10-16)11-13(15(18)19)12-7-3-1-4-8-12/h1,3-4,7-8,13H,2,5-6,9-11H2,(H,18,19). The Kier molecular flexibility index (Phi) is 4.55. The van der Waals surface area contributed by atoms with Gasteiger partial charge in [0.05, 0.1) is 5.92 Å². The molecule has 0 aliphatic carbocycles. The van der Waals surface area contributed by atoms with Crippen LogP contribution >= 0.6 is 0 Å². The molecule has 0 saturated carbocycles. The zero-order chi connectivity index (χ0) is 13.7. The molecule has 2 rings (SSSR count). The van der Waals surface area contributed by atoms with Gasteiger partial charge in [-0.25, -0.2) is 0 Å². The number of aliphatic carboxylic acids is 1. The highest BCUT2D eigenvalue weighted by Crippen LogP contribution is 2.22. The molecular formula is C15H19NO3. The average Bonchev–Trinajstić information content (AvgIpc) is 2.46. The molecule has 1 fully saturated rings. The maximum absolute atomic E-state index is 12.1. The van der Waals surface area contributed by atoms with Crippen LogP contribution in [0.4, 0.5) is 0 Å². The fourth-order valence-electron chi connectivity index (χ4n) is 2.48. The largest absolute Gasteiger partial charge is 0.481 e. The Morgan fingerprint density at radius 2 is 1.74 bits per heavy atom. The number of hydrogen-bond acceptors (Lipinski definition) is 2. The summed E-state index contributed by atoms with van der Waals surface area (Å²) in [4.78, 5) is 25.3. The molecule has 102 valence electrons. The summed E-state index contributed by atoms with van der Waals surface area (Å²) in [6.07, 6.45) is 3.26. The van der Waals surface area contributed by atoms with Crippen LogP contribution in [0, 0.1) is 0 Å². The third kappa shape index (κ3) is 3.56. The van der Waals surface area contributed by atoms with Crippen molar-refractivity contribution in [1.82, 2.24) is 4.90 Å². The second-order valence-electron chi connectivity index (χ2n) is 4.95. The number of nitrogens with zero attached hydrogens (tertiary/aromatic N) is 1. The first-order valence-electron chi connectivity index (χ1n) is 6.74. The lowest BCUT2D eigenvalue weighted by atomic mass is 9.95. The molecule has 4 nitrogen and oxygen atoms in total. The minimum absolute atomic E-state index is 0.0454. The molecule has 0 bridgehead atoms. The van der Waals surface area contributed by atoms with Crippen LogP contribution < -0.4 is 0 Å². The van der Waals surface area contributed by atoms with Crippen LogP contribution in [0.25, 0.3) is 0 Å². The fraction of sp³-hybridized carbons (Fsp3) is 0.467. The van der Waals surface area contributed by atoms with Gasteiger partial charge in [-0.2, -0.15) is 0 Å². The fourth-order valence-corrected chi connectivity index (χ4v) is 2.48. The number of benzene rings is 1. The van der Waals surface area contributed by atoms with Crippen LogP contribution in [-0.4, -0.2) is 35.0 Å². The van der Waals surface area contributed by atoms with Gasteiger partial charge in [-0.15, -0.1) is 0 Å². The lowest BCUT2D eigenvalue weighted by Crippen LogP contribution is -2.37. The van der Waals surface area contributed by atoms with Crippen molar-refractivity contribution in [1.29, 1.82) is 0 Å². The van der Waals surface area contributed by atoms with Gasteiger partial charge in [-0.05, 0) is 24.8 Å². The molecule has 1 aliphatic rings. The van der Waals surface area contributed by atoms with Crippen LogP contribution in [0.15, 0.2) is 30.3 Å². The number of likely N-dealkylation sites (tertiary alicyclic amines) is 1. The van der Waals surface area contributed by atoms with Gasteiger partial charge in [0.2, 0.25) is 5.91 Å². The first-order chi connectivity index (χ1) is 9.18. The third-order valence-electron chi connectivity index (χ3n) is 3.59. The summed E-state index contributed by atoms with van der Waals surface area (Å²) >= 11 is 0. The van der Waals surface area contributed by atoms with Crippen molar-refractivity contribution in [3.63, 3.8) is 0 Å². The number of carboxylic acids is 1. The topological polar surface area (TPSA) is 57.6 Å². The average molecular weight is 261 g/mol. The van der Waals surface area contributed by atoms with Gasteiger partial charge in [0.1, 0.15) is 0 Å². The van der Waals surface area contributed by atoms with E-state index in [1.54, 1.807) is 29.2 Å². The van der Waals surface area contributed by atoms with Crippen molar-refractivity contribution in [3.05, 3.63) is 35.9 Å². The van der Waals surface area contributed by atoms with Crippen LogP contribution in [0.5, 0.6) is 0 Å². The molecule has 1 unspecified atom stereocenters. The molecule has 1 aromatic carbocycles. The normalized spacial score (nSPS) is 16.9. The molecule has 1 saturated heterocycles. The van der Waals surface area contributed by atoms with E-state index in [-0.39, 0.29) is 12.3 Å². The Morgan fingerprint density at radius 3 is 2.32 bits per heavy atom. The second-order valence-corrected chi connectivity index (χ2v) is 4.95. The predicted molar refractivity (Wildman–Crippen MR) is 71.9 cm³/mol. The molecule has 1 heterocycles. The minimum Gasteiger partial charge on any atom is -0.481 e.